The molecule has 1 aromatic heterocycles. The Balaban J connectivity index is 0.000000431. The Labute approximate surface area is 170 Å². The highest BCUT2D eigenvalue weighted by atomic mass is 32.3. The molecule has 158 valence electrons. The number of hydrogen-bond acceptors (Lipinski definition) is 6. The maximum Gasteiger partial charge on any atom is 0.394 e. The first-order chi connectivity index (χ1) is 13.7. The second-order valence-electron chi connectivity index (χ2n) is 7.42. The third-order valence-electron chi connectivity index (χ3n) is 5.82. The average Bonchev–Trinajstić information content (AvgIpc) is 2.71. The zero-order valence-corrected chi connectivity index (χ0v) is 17.0. The fraction of sp³-hybridized carbons (Fsp3) is 0.450. The fourth-order valence-electron chi connectivity index (χ4n) is 4.44. The molecule has 3 fully saturated rings. The number of ether oxygens (including phenoxy) is 1. The third kappa shape index (κ3) is 5.12. The van der Waals surface area contributed by atoms with Crippen molar-refractivity contribution in [3.8, 4) is 5.75 Å². The second-order valence-corrected chi connectivity index (χ2v) is 8.32. The summed E-state index contributed by atoms with van der Waals surface area (Å²) in [4.78, 5) is 6.86. The zero-order valence-electron chi connectivity index (χ0n) is 16.2. The zero-order chi connectivity index (χ0) is 21.2. The highest BCUT2D eigenvalue weighted by Crippen LogP contribution is 2.42. The number of methoxy groups -OCH3 is 1. The van der Waals surface area contributed by atoms with Crippen molar-refractivity contribution in [2.75, 3.05) is 20.2 Å². The predicted octanol–water partition coefficient (Wildman–Crippen LogP) is 2.52. The first-order valence-corrected chi connectivity index (χ1v) is 10.8. The Hall–Kier alpha value is -2.04. The van der Waals surface area contributed by atoms with Crippen molar-refractivity contribution in [3.63, 3.8) is 0 Å². The number of aliphatic hydroxyl groups is 1. The van der Waals surface area contributed by atoms with Crippen LogP contribution in [0.1, 0.15) is 24.5 Å². The van der Waals surface area contributed by atoms with Crippen molar-refractivity contribution >= 4 is 21.3 Å². The van der Waals surface area contributed by atoms with E-state index >= 15 is 0 Å². The summed E-state index contributed by atoms with van der Waals surface area (Å²) in [7, 11) is -3.01. The molecule has 9 heteroatoms. The molecule has 3 aliphatic heterocycles. The first-order valence-electron chi connectivity index (χ1n) is 9.38. The van der Waals surface area contributed by atoms with E-state index in [1.807, 2.05) is 24.3 Å². The normalized spacial score (nSPS) is 27.0. The summed E-state index contributed by atoms with van der Waals surface area (Å²) in [6.07, 6.45) is 5.62. The Kier molecular flexibility index (Phi) is 6.55. The van der Waals surface area contributed by atoms with E-state index in [4.69, 9.17) is 22.3 Å². The number of piperidine rings is 3. The summed E-state index contributed by atoms with van der Waals surface area (Å²) in [6, 6.07) is 7.96. The highest BCUT2D eigenvalue weighted by molar-refractivity contribution is 7.79. The number of aromatic nitrogens is 1. The van der Waals surface area contributed by atoms with E-state index in [2.05, 4.69) is 22.5 Å². The monoisotopic (exact) mass is 422 g/mol. The van der Waals surface area contributed by atoms with Gasteiger partial charge in [0, 0.05) is 24.2 Å². The SMILES string of the molecule is C=C[C@@H]1CN2CCC1C[C@@H]2[C@@H](O)c1ccnc2ccc(OC)cc12.O=S(=O)(O)O. The molecule has 29 heavy (non-hydrogen) atoms. The molecule has 0 amide bonds. The highest BCUT2D eigenvalue weighted by Gasteiger charge is 2.42. The van der Waals surface area contributed by atoms with Crippen molar-refractivity contribution in [3.05, 3.63) is 48.7 Å². The van der Waals surface area contributed by atoms with Gasteiger partial charge in [0.05, 0.1) is 18.7 Å². The molecular weight excluding hydrogens is 396 g/mol. The van der Waals surface area contributed by atoms with E-state index in [0.29, 0.717) is 11.8 Å². The molecule has 1 aromatic carbocycles. The van der Waals surface area contributed by atoms with E-state index in [0.717, 1.165) is 41.7 Å². The Morgan fingerprint density at radius 2 is 2.07 bits per heavy atom. The summed E-state index contributed by atoms with van der Waals surface area (Å²) >= 11 is 0. The largest absolute Gasteiger partial charge is 0.497 e. The van der Waals surface area contributed by atoms with Gasteiger partial charge in [0.2, 0.25) is 0 Å². The fourth-order valence-corrected chi connectivity index (χ4v) is 4.44. The minimum Gasteiger partial charge on any atom is -0.497 e. The lowest BCUT2D eigenvalue weighted by Gasteiger charge is -2.50. The number of aliphatic hydroxyl groups excluding tert-OH is 1. The van der Waals surface area contributed by atoms with Crippen molar-refractivity contribution < 1.29 is 27.4 Å². The minimum atomic E-state index is -4.67. The second kappa shape index (κ2) is 8.76. The van der Waals surface area contributed by atoms with Gasteiger partial charge >= 0.3 is 10.4 Å². The molecule has 0 spiro atoms. The quantitative estimate of drug-likeness (QED) is 0.508. The van der Waals surface area contributed by atoms with Crippen LogP contribution in [0.2, 0.25) is 0 Å². The first kappa shape index (κ1) is 21.7. The topological polar surface area (TPSA) is 120 Å². The lowest BCUT2D eigenvalue weighted by atomic mass is 9.73. The molecule has 4 heterocycles. The lowest BCUT2D eigenvalue weighted by molar-refractivity contribution is -0.0444. The summed E-state index contributed by atoms with van der Waals surface area (Å²) < 4.78 is 36.9. The van der Waals surface area contributed by atoms with Crippen molar-refractivity contribution in [1.82, 2.24) is 9.88 Å². The van der Waals surface area contributed by atoms with Crippen LogP contribution < -0.4 is 4.74 Å². The molecule has 3 aliphatic rings. The van der Waals surface area contributed by atoms with E-state index < -0.39 is 16.5 Å². The van der Waals surface area contributed by atoms with Crippen LogP contribution in [0.25, 0.3) is 10.9 Å². The summed E-state index contributed by atoms with van der Waals surface area (Å²) in [5.41, 5.74) is 1.85. The summed E-state index contributed by atoms with van der Waals surface area (Å²) in [5.74, 6) is 2.01. The molecule has 2 unspecified atom stereocenters. The van der Waals surface area contributed by atoms with Crippen LogP contribution in [0.15, 0.2) is 43.1 Å². The van der Waals surface area contributed by atoms with Crippen molar-refractivity contribution in [2.45, 2.75) is 25.0 Å². The van der Waals surface area contributed by atoms with Gasteiger partial charge in [-0.1, -0.05) is 6.08 Å². The van der Waals surface area contributed by atoms with Gasteiger partial charge < -0.3 is 9.84 Å². The molecule has 5 atom stereocenters. The van der Waals surface area contributed by atoms with Gasteiger partial charge in [-0.3, -0.25) is 19.0 Å². The Morgan fingerprint density at radius 3 is 2.66 bits per heavy atom. The van der Waals surface area contributed by atoms with Crippen LogP contribution in [-0.4, -0.2) is 58.8 Å². The van der Waals surface area contributed by atoms with Crippen LogP contribution in [-0.2, 0) is 10.4 Å². The van der Waals surface area contributed by atoms with Crippen LogP contribution in [0.4, 0.5) is 0 Å². The molecule has 0 saturated carbocycles. The third-order valence-corrected chi connectivity index (χ3v) is 5.82. The number of benzene rings is 1. The predicted molar refractivity (Wildman–Crippen MR) is 109 cm³/mol. The van der Waals surface area contributed by atoms with Crippen molar-refractivity contribution in [2.24, 2.45) is 11.8 Å². The van der Waals surface area contributed by atoms with E-state index in [-0.39, 0.29) is 6.04 Å². The van der Waals surface area contributed by atoms with Gasteiger partial charge in [0.15, 0.2) is 0 Å². The van der Waals surface area contributed by atoms with Gasteiger partial charge in [-0.25, -0.2) is 0 Å². The number of fused-ring (bicyclic) bond motifs is 4. The van der Waals surface area contributed by atoms with E-state index in [9.17, 15) is 5.11 Å². The van der Waals surface area contributed by atoms with Crippen LogP contribution in [0.3, 0.4) is 0 Å². The van der Waals surface area contributed by atoms with E-state index in [1.54, 1.807) is 13.3 Å². The molecular formula is C20H26N2O6S. The van der Waals surface area contributed by atoms with Crippen LogP contribution in [0.5, 0.6) is 5.75 Å². The molecule has 3 N–H and O–H groups in total. The van der Waals surface area contributed by atoms with Gasteiger partial charge in [-0.2, -0.15) is 8.42 Å². The van der Waals surface area contributed by atoms with E-state index in [1.165, 1.54) is 6.42 Å². The molecule has 0 radical (unpaired) electrons. The lowest BCUT2D eigenvalue weighted by Crippen LogP contribution is -2.54. The van der Waals surface area contributed by atoms with Gasteiger partial charge in [0.25, 0.3) is 0 Å². The number of hydrogen-bond donors (Lipinski definition) is 3. The molecule has 2 bridgehead atoms. The Morgan fingerprint density at radius 1 is 1.34 bits per heavy atom. The smallest absolute Gasteiger partial charge is 0.394 e. The van der Waals surface area contributed by atoms with Gasteiger partial charge in [-0.05, 0) is 61.1 Å². The van der Waals surface area contributed by atoms with Gasteiger partial charge in [-0.15, -0.1) is 6.58 Å². The minimum absolute atomic E-state index is 0.178. The maximum absolute atomic E-state index is 11.2. The molecule has 0 aliphatic carbocycles. The molecule has 3 saturated heterocycles. The number of nitrogens with zero attached hydrogens (tertiary/aromatic N) is 2. The maximum atomic E-state index is 11.2. The summed E-state index contributed by atoms with van der Waals surface area (Å²) in [5, 5.41) is 12.1. The Bertz CT molecular complexity index is 972. The van der Waals surface area contributed by atoms with Crippen molar-refractivity contribution in [1.29, 1.82) is 0 Å². The molecule has 5 rings (SSSR count). The number of rotatable bonds is 4. The summed E-state index contributed by atoms with van der Waals surface area (Å²) in [6.45, 7) is 6.07. The average molecular weight is 423 g/mol. The van der Waals surface area contributed by atoms with Crippen LogP contribution >= 0.6 is 0 Å². The number of pyridine rings is 1. The standard InChI is InChI=1S/C20H24N2O2.H2O4S/c1-3-13-12-22-9-7-14(13)10-19(22)20(23)16-6-8-21-18-5-4-15(24-2)11-17(16)18;1-5(2,3)4/h3-6,8,11,13-14,19-20,23H,1,7,9-10,12H2,2H3;(H2,1,2,3,4)/t13-,14?,19-,20+;/m1./s1. The van der Waals surface area contributed by atoms with Crippen LogP contribution in [0, 0.1) is 11.8 Å². The molecule has 2 aromatic rings. The molecule has 8 nitrogen and oxygen atoms in total. The van der Waals surface area contributed by atoms with Gasteiger partial charge in [0.1, 0.15) is 5.75 Å².